The Balaban J connectivity index is 0.00000242. The highest BCUT2D eigenvalue weighted by Crippen LogP contribution is 2.14. The number of nitrogens with one attached hydrogen (secondary N) is 1. The molecule has 8 heteroatoms. The molecule has 120 valence electrons. The van der Waals surface area contributed by atoms with Crippen molar-refractivity contribution in [2.75, 3.05) is 6.54 Å². The second-order valence-corrected chi connectivity index (χ2v) is 5.87. The lowest BCUT2D eigenvalue weighted by atomic mass is 10.2. The van der Waals surface area contributed by atoms with Gasteiger partial charge in [-0.05, 0) is 31.5 Å². The maximum atomic E-state index is 12.3. The molecule has 22 heavy (non-hydrogen) atoms. The van der Waals surface area contributed by atoms with Gasteiger partial charge in [0.2, 0.25) is 5.91 Å². The quantitative estimate of drug-likeness (QED) is 0.809. The van der Waals surface area contributed by atoms with Gasteiger partial charge >= 0.3 is 0 Å². The van der Waals surface area contributed by atoms with Crippen molar-refractivity contribution in [1.29, 1.82) is 0 Å². The van der Waals surface area contributed by atoms with Crippen molar-refractivity contribution in [3.05, 3.63) is 39.4 Å². The molecule has 0 fully saturated rings. The monoisotopic (exact) mass is 388 g/mol. The standard InChI is InChI=1S/C14H17BrN4O2.ClH/c1-9(16)4-5-17-13(20)7-19-8-18-12-3-2-10(15)6-11(12)14(19)21;/h2-3,6,8-9H,4-5,7,16H2,1H3,(H,17,20);1H. The molecule has 6 nitrogen and oxygen atoms in total. The van der Waals surface area contributed by atoms with Crippen molar-refractivity contribution in [3.8, 4) is 0 Å². The predicted octanol–water partition coefficient (Wildman–Crippen LogP) is 1.43. The van der Waals surface area contributed by atoms with E-state index in [1.807, 2.05) is 13.0 Å². The van der Waals surface area contributed by atoms with Gasteiger partial charge in [-0.2, -0.15) is 0 Å². The Hall–Kier alpha value is -1.44. The molecule has 3 N–H and O–H groups in total. The summed E-state index contributed by atoms with van der Waals surface area (Å²) < 4.78 is 2.10. The van der Waals surface area contributed by atoms with Gasteiger partial charge in [0, 0.05) is 17.1 Å². The van der Waals surface area contributed by atoms with Gasteiger partial charge in [0.05, 0.1) is 17.2 Å². The summed E-state index contributed by atoms with van der Waals surface area (Å²) in [6.07, 6.45) is 2.09. The van der Waals surface area contributed by atoms with E-state index in [0.717, 1.165) is 4.47 Å². The van der Waals surface area contributed by atoms with Gasteiger partial charge in [0.25, 0.3) is 5.56 Å². The van der Waals surface area contributed by atoms with Crippen LogP contribution in [0.5, 0.6) is 0 Å². The molecule has 1 amide bonds. The van der Waals surface area contributed by atoms with Crippen LogP contribution in [0.15, 0.2) is 33.8 Å². The minimum absolute atomic E-state index is 0. The predicted molar refractivity (Wildman–Crippen MR) is 92.2 cm³/mol. The highest BCUT2D eigenvalue weighted by molar-refractivity contribution is 9.10. The van der Waals surface area contributed by atoms with Crippen molar-refractivity contribution in [2.24, 2.45) is 5.73 Å². The highest BCUT2D eigenvalue weighted by atomic mass is 79.9. The Morgan fingerprint density at radius 3 is 2.91 bits per heavy atom. The van der Waals surface area contributed by atoms with Gasteiger partial charge < -0.3 is 11.1 Å². The number of rotatable bonds is 5. The van der Waals surface area contributed by atoms with E-state index in [9.17, 15) is 9.59 Å². The van der Waals surface area contributed by atoms with Crippen LogP contribution >= 0.6 is 28.3 Å². The van der Waals surface area contributed by atoms with Crippen LogP contribution in [-0.2, 0) is 11.3 Å². The third-order valence-electron chi connectivity index (χ3n) is 3.02. The number of hydrogen-bond acceptors (Lipinski definition) is 4. The van der Waals surface area contributed by atoms with Gasteiger partial charge in [0.15, 0.2) is 0 Å². The molecule has 0 radical (unpaired) electrons. The van der Waals surface area contributed by atoms with E-state index in [1.165, 1.54) is 10.9 Å². The van der Waals surface area contributed by atoms with Crippen molar-refractivity contribution < 1.29 is 4.79 Å². The average molecular weight is 390 g/mol. The molecule has 0 saturated heterocycles. The van der Waals surface area contributed by atoms with Crippen LogP contribution < -0.4 is 16.6 Å². The fourth-order valence-corrected chi connectivity index (χ4v) is 2.25. The molecule has 0 aliphatic carbocycles. The average Bonchev–Trinajstić information content (AvgIpc) is 2.42. The summed E-state index contributed by atoms with van der Waals surface area (Å²) in [4.78, 5) is 28.3. The Bertz CT molecular complexity index is 718. The molecule has 1 unspecified atom stereocenters. The lowest BCUT2D eigenvalue weighted by Crippen LogP contribution is -2.34. The molecule has 0 bridgehead atoms. The summed E-state index contributed by atoms with van der Waals surface area (Å²) in [6, 6.07) is 5.32. The fourth-order valence-electron chi connectivity index (χ4n) is 1.89. The van der Waals surface area contributed by atoms with Crippen LogP contribution in [0, 0.1) is 0 Å². The number of fused-ring (bicyclic) bond motifs is 1. The van der Waals surface area contributed by atoms with Crippen LogP contribution in [0.25, 0.3) is 10.9 Å². The zero-order valence-electron chi connectivity index (χ0n) is 12.1. The van der Waals surface area contributed by atoms with Gasteiger partial charge in [-0.15, -0.1) is 12.4 Å². The molecule has 2 aromatic rings. The smallest absolute Gasteiger partial charge is 0.261 e. The third kappa shape index (κ3) is 4.79. The van der Waals surface area contributed by atoms with Crippen molar-refractivity contribution in [3.63, 3.8) is 0 Å². The molecule has 0 aliphatic heterocycles. The normalized spacial score (nSPS) is 11.8. The first kappa shape index (κ1) is 18.6. The van der Waals surface area contributed by atoms with E-state index in [0.29, 0.717) is 23.9 Å². The first-order chi connectivity index (χ1) is 9.97. The first-order valence-corrected chi connectivity index (χ1v) is 7.43. The zero-order chi connectivity index (χ0) is 15.4. The summed E-state index contributed by atoms with van der Waals surface area (Å²) in [5, 5.41) is 3.22. The summed E-state index contributed by atoms with van der Waals surface area (Å²) in [6.45, 7) is 2.33. The Labute approximate surface area is 142 Å². The minimum Gasteiger partial charge on any atom is -0.354 e. The largest absolute Gasteiger partial charge is 0.354 e. The van der Waals surface area contributed by atoms with E-state index < -0.39 is 0 Å². The van der Waals surface area contributed by atoms with Crippen molar-refractivity contribution in [1.82, 2.24) is 14.9 Å². The van der Waals surface area contributed by atoms with E-state index >= 15 is 0 Å². The van der Waals surface area contributed by atoms with Crippen LogP contribution in [-0.4, -0.2) is 28.0 Å². The SMILES string of the molecule is CC(N)CCNC(=O)Cn1cnc2ccc(Br)cc2c1=O.Cl. The molecular formula is C14H18BrClN4O2. The molecular weight excluding hydrogens is 372 g/mol. The van der Waals surface area contributed by atoms with Crippen molar-refractivity contribution in [2.45, 2.75) is 25.9 Å². The number of nitrogens with zero attached hydrogens (tertiary/aromatic N) is 2. The van der Waals surface area contributed by atoms with Crippen molar-refractivity contribution >= 4 is 45.1 Å². The molecule has 1 atom stereocenters. The first-order valence-electron chi connectivity index (χ1n) is 6.64. The van der Waals surface area contributed by atoms with Crippen LogP contribution in [0.1, 0.15) is 13.3 Å². The highest BCUT2D eigenvalue weighted by Gasteiger charge is 2.08. The second kappa shape index (κ2) is 8.26. The van der Waals surface area contributed by atoms with Gasteiger partial charge in [-0.3, -0.25) is 14.2 Å². The number of halogens is 2. The van der Waals surface area contributed by atoms with Gasteiger partial charge in [0.1, 0.15) is 6.54 Å². The Morgan fingerprint density at radius 2 is 2.23 bits per heavy atom. The topological polar surface area (TPSA) is 90.0 Å². The number of carbonyl (C=O) groups is 1. The van der Waals surface area contributed by atoms with Crippen LogP contribution in [0.3, 0.4) is 0 Å². The summed E-state index contributed by atoms with van der Waals surface area (Å²) in [5.74, 6) is -0.228. The molecule has 0 aliphatic rings. The molecule has 0 saturated carbocycles. The number of amides is 1. The number of carbonyl (C=O) groups excluding carboxylic acids is 1. The zero-order valence-corrected chi connectivity index (χ0v) is 14.5. The Morgan fingerprint density at radius 1 is 1.50 bits per heavy atom. The lowest BCUT2D eigenvalue weighted by molar-refractivity contribution is -0.121. The van der Waals surface area contributed by atoms with Gasteiger partial charge in [-0.1, -0.05) is 15.9 Å². The molecule has 1 aromatic carbocycles. The van der Waals surface area contributed by atoms with E-state index in [2.05, 4.69) is 26.2 Å². The van der Waals surface area contributed by atoms with E-state index in [1.54, 1.807) is 12.1 Å². The molecule has 0 spiro atoms. The van der Waals surface area contributed by atoms with Gasteiger partial charge in [-0.25, -0.2) is 4.98 Å². The number of nitrogens with two attached hydrogens (primary N) is 1. The Kier molecular flexibility index (Phi) is 6.99. The number of benzene rings is 1. The second-order valence-electron chi connectivity index (χ2n) is 4.96. The lowest BCUT2D eigenvalue weighted by Gasteiger charge is -2.09. The fraction of sp³-hybridized carbons (Fsp3) is 0.357. The van der Waals surface area contributed by atoms with Crippen LogP contribution in [0.4, 0.5) is 0 Å². The summed E-state index contributed by atoms with van der Waals surface area (Å²) in [7, 11) is 0. The molecule has 2 rings (SSSR count). The summed E-state index contributed by atoms with van der Waals surface area (Å²) in [5.41, 5.74) is 5.99. The van der Waals surface area contributed by atoms with E-state index in [4.69, 9.17) is 5.73 Å². The summed E-state index contributed by atoms with van der Waals surface area (Å²) >= 11 is 3.32. The molecule has 1 heterocycles. The maximum Gasteiger partial charge on any atom is 0.261 e. The number of hydrogen-bond donors (Lipinski definition) is 2. The maximum absolute atomic E-state index is 12.3. The van der Waals surface area contributed by atoms with E-state index in [-0.39, 0.29) is 36.5 Å². The molecule has 1 aromatic heterocycles. The third-order valence-corrected chi connectivity index (χ3v) is 3.52. The number of aromatic nitrogens is 2. The van der Waals surface area contributed by atoms with Crippen LogP contribution in [0.2, 0.25) is 0 Å². The minimum atomic E-state index is -0.233.